The first-order valence-corrected chi connectivity index (χ1v) is 6.87. The van der Waals surface area contributed by atoms with Gasteiger partial charge in [0.05, 0.1) is 0 Å². The van der Waals surface area contributed by atoms with Crippen LogP contribution >= 0.6 is 0 Å². The van der Waals surface area contributed by atoms with E-state index < -0.39 is 5.97 Å². The fourth-order valence-electron chi connectivity index (χ4n) is 2.02. The second-order valence-electron chi connectivity index (χ2n) is 4.94. The molecule has 0 spiro atoms. The molecule has 0 aliphatic heterocycles. The van der Waals surface area contributed by atoms with Crippen molar-refractivity contribution in [2.45, 2.75) is 13.8 Å². The van der Waals surface area contributed by atoms with Crippen molar-refractivity contribution in [1.29, 1.82) is 0 Å². The maximum atomic E-state index is 11.8. The summed E-state index contributed by atoms with van der Waals surface area (Å²) < 4.78 is 16.0. The van der Waals surface area contributed by atoms with Crippen molar-refractivity contribution in [1.82, 2.24) is 4.98 Å². The van der Waals surface area contributed by atoms with Gasteiger partial charge in [0.25, 0.3) is 0 Å². The Labute approximate surface area is 127 Å². The van der Waals surface area contributed by atoms with E-state index in [0.717, 1.165) is 11.1 Å². The Morgan fingerprint density at radius 1 is 1.09 bits per heavy atom. The van der Waals surface area contributed by atoms with Crippen LogP contribution in [-0.4, -0.2) is 17.6 Å². The topological polar surface area (TPSA) is 61.6 Å². The minimum Gasteiger partial charge on any atom is -0.482 e. The highest BCUT2D eigenvalue weighted by molar-refractivity contribution is 5.78. The van der Waals surface area contributed by atoms with Gasteiger partial charge in [0, 0.05) is 13.0 Å². The molecule has 0 saturated carbocycles. The second kappa shape index (κ2) is 5.89. The smallest absolute Gasteiger partial charge is 0.349 e. The normalized spacial score (nSPS) is 10.6. The monoisotopic (exact) mass is 297 g/mol. The van der Waals surface area contributed by atoms with Crippen molar-refractivity contribution in [3.63, 3.8) is 0 Å². The second-order valence-corrected chi connectivity index (χ2v) is 4.94. The average molecular weight is 297 g/mol. The van der Waals surface area contributed by atoms with Gasteiger partial charge >= 0.3 is 5.97 Å². The maximum absolute atomic E-state index is 11.8. The lowest BCUT2D eigenvalue weighted by Crippen LogP contribution is -2.17. The first kappa shape index (κ1) is 14.1. The maximum Gasteiger partial charge on any atom is 0.349 e. The molecule has 1 aromatic heterocycles. The van der Waals surface area contributed by atoms with Crippen molar-refractivity contribution in [2.24, 2.45) is 0 Å². The number of benzene rings is 2. The number of fused-ring (bicyclic) bond motifs is 1. The van der Waals surface area contributed by atoms with Gasteiger partial charge in [-0.2, -0.15) is 0 Å². The summed E-state index contributed by atoms with van der Waals surface area (Å²) in [5.74, 6) is 1.13. The molecule has 0 saturated heterocycles. The molecular weight excluding hydrogens is 282 g/mol. The number of nitrogens with zero attached hydrogens (tertiary/aromatic N) is 1. The fraction of sp³-hybridized carbons (Fsp3) is 0.176. The highest BCUT2D eigenvalue weighted by Gasteiger charge is 2.09. The van der Waals surface area contributed by atoms with Gasteiger partial charge in [-0.3, -0.25) is 0 Å². The van der Waals surface area contributed by atoms with Crippen molar-refractivity contribution >= 4 is 17.1 Å². The molecular formula is C17H15NO4. The molecule has 0 fully saturated rings. The average Bonchev–Trinajstić information content (AvgIpc) is 2.86. The largest absolute Gasteiger partial charge is 0.482 e. The zero-order valence-electron chi connectivity index (χ0n) is 12.3. The molecule has 0 atom stereocenters. The molecule has 0 aliphatic carbocycles. The predicted molar refractivity (Wildman–Crippen MR) is 81.1 cm³/mol. The van der Waals surface area contributed by atoms with Crippen LogP contribution in [0.4, 0.5) is 0 Å². The van der Waals surface area contributed by atoms with Crippen LogP contribution < -0.4 is 9.47 Å². The van der Waals surface area contributed by atoms with Gasteiger partial charge < -0.3 is 13.9 Å². The fourth-order valence-corrected chi connectivity index (χ4v) is 2.02. The van der Waals surface area contributed by atoms with E-state index in [1.807, 2.05) is 31.2 Å². The number of ether oxygens (including phenoxy) is 2. The van der Waals surface area contributed by atoms with Crippen LogP contribution in [0.15, 0.2) is 46.9 Å². The molecule has 1 heterocycles. The molecule has 0 N–H and O–H groups in total. The molecule has 112 valence electrons. The van der Waals surface area contributed by atoms with Crippen LogP contribution in [-0.2, 0) is 4.79 Å². The van der Waals surface area contributed by atoms with Crippen molar-refractivity contribution < 1.29 is 18.7 Å². The Morgan fingerprint density at radius 3 is 2.59 bits per heavy atom. The van der Waals surface area contributed by atoms with Crippen LogP contribution in [0.2, 0.25) is 0 Å². The molecule has 2 aromatic carbocycles. The minimum atomic E-state index is -0.476. The molecule has 22 heavy (non-hydrogen) atoms. The van der Waals surface area contributed by atoms with Gasteiger partial charge in [-0.05, 0) is 31.2 Å². The predicted octanol–water partition coefficient (Wildman–Crippen LogP) is 3.43. The number of oxazole rings is 1. The van der Waals surface area contributed by atoms with Crippen LogP contribution in [0.25, 0.3) is 11.1 Å². The molecule has 0 aliphatic rings. The third-order valence-electron chi connectivity index (χ3n) is 3.08. The number of hydrogen-bond donors (Lipinski definition) is 0. The van der Waals surface area contributed by atoms with E-state index in [1.54, 1.807) is 25.1 Å². The zero-order valence-corrected chi connectivity index (χ0v) is 12.3. The van der Waals surface area contributed by atoms with Gasteiger partial charge in [-0.15, -0.1) is 0 Å². The summed E-state index contributed by atoms with van der Waals surface area (Å²) >= 11 is 0. The Balaban J connectivity index is 1.61. The summed E-state index contributed by atoms with van der Waals surface area (Å²) in [5.41, 5.74) is 2.45. The summed E-state index contributed by atoms with van der Waals surface area (Å²) in [5, 5.41) is 0. The highest BCUT2D eigenvalue weighted by atomic mass is 16.6. The molecule has 5 heteroatoms. The lowest BCUT2D eigenvalue weighted by Gasteiger charge is -2.06. The summed E-state index contributed by atoms with van der Waals surface area (Å²) in [6.45, 7) is 3.59. The molecule has 0 radical (unpaired) electrons. The van der Waals surface area contributed by atoms with Crippen molar-refractivity contribution in [2.75, 3.05) is 6.61 Å². The number of carbonyl (C=O) groups is 1. The van der Waals surface area contributed by atoms with Gasteiger partial charge in [0.2, 0.25) is 0 Å². The molecule has 3 rings (SSSR count). The third kappa shape index (κ3) is 3.25. The first-order chi connectivity index (χ1) is 10.6. The van der Waals surface area contributed by atoms with E-state index in [0.29, 0.717) is 23.0 Å². The van der Waals surface area contributed by atoms with Crippen LogP contribution in [0, 0.1) is 13.8 Å². The van der Waals surface area contributed by atoms with E-state index in [2.05, 4.69) is 4.98 Å². The van der Waals surface area contributed by atoms with Crippen molar-refractivity contribution in [3.05, 3.63) is 53.9 Å². The lowest BCUT2D eigenvalue weighted by molar-refractivity contribution is -0.136. The Morgan fingerprint density at radius 2 is 1.82 bits per heavy atom. The molecule has 5 nitrogen and oxygen atoms in total. The number of aryl methyl sites for hydroxylation is 2. The summed E-state index contributed by atoms with van der Waals surface area (Å²) in [6, 6.07) is 12.5. The molecule has 0 bridgehead atoms. The zero-order chi connectivity index (χ0) is 15.5. The van der Waals surface area contributed by atoms with Crippen molar-refractivity contribution in [3.8, 4) is 11.5 Å². The van der Waals surface area contributed by atoms with Gasteiger partial charge in [0.1, 0.15) is 17.0 Å². The quantitative estimate of drug-likeness (QED) is 0.545. The molecule has 0 unspecified atom stereocenters. The van der Waals surface area contributed by atoms with Gasteiger partial charge in [-0.25, -0.2) is 9.78 Å². The Bertz CT molecular complexity index is 805. The summed E-state index contributed by atoms with van der Waals surface area (Å²) in [6.07, 6.45) is 0. The van der Waals surface area contributed by atoms with Gasteiger partial charge in [0.15, 0.2) is 18.1 Å². The number of aromatic nitrogens is 1. The lowest BCUT2D eigenvalue weighted by atomic mass is 10.2. The Kier molecular flexibility index (Phi) is 3.78. The van der Waals surface area contributed by atoms with E-state index in [-0.39, 0.29) is 6.61 Å². The van der Waals surface area contributed by atoms with Crippen LogP contribution in [0.5, 0.6) is 11.5 Å². The number of carbonyl (C=O) groups excluding carboxylic acids is 1. The molecule has 3 aromatic rings. The third-order valence-corrected chi connectivity index (χ3v) is 3.08. The number of hydrogen-bond acceptors (Lipinski definition) is 5. The number of esters is 1. The number of rotatable bonds is 4. The molecule has 0 amide bonds. The van der Waals surface area contributed by atoms with Crippen LogP contribution in [0.1, 0.15) is 11.5 Å². The minimum absolute atomic E-state index is 0.156. The standard InChI is InChI=1S/C17H15NO4/c1-11-3-5-13(6-4-11)20-10-17(19)22-14-7-8-15-16(9-14)21-12(2)18-15/h3-9H,10H2,1-2H3. The summed E-state index contributed by atoms with van der Waals surface area (Å²) in [7, 11) is 0. The first-order valence-electron chi connectivity index (χ1n) is 6.87. The van der Waals surface area contributed by atoms with Crippen LogP contribution in [0.3, 0.4) is 0 Å². The van der Waals surface area contributed by atoms with E-state index >= 15 is 0 Å². The Hall–Kier alpha value is -2.82. The summed E-state index contributed by atoms with van der Waals surface area (Å²) in [4.78, 5) is 16.0. The highest BCUT2D eigenvalue weighted by Crippen LogP contribution is 2.21. The van der Waals surface area contributed by atoms with E-state index in [1.165, 1.54) is 0 Å². The van der Waals surface area contributed by atoms with E-state index in [9.17, 15) is 4.79 Å². The SMILES string of the molecule is Cc1ccc(OCC(=O)Oc2ccc3nc(C)oc3c2)cc1. The van der Waals surface area contributed by atoms with Gasteiger partial charge in [-0.1, -0.05) is 17.7 Å². The van der Waals surface area contributed by atoms with E-state index in [4.69, 9.17) is 13.9 Å².